The van der Waals surface area contributed by atoms with Gasteiger partial charge in [0.05, 0.1) is 0 Å². The van der Waals surface area contributed by atoms with Gasteiger partial charge in [-0.25, -0.2) is 0 Å². The number of hydrogen-bond acceptors (Lipinski definition) is 2. The summed E-state index contributed by atoms with van der Waals surface area (Å²) < 4.78 is 1.16. The molecule has 0 bridgehead atoms. The van der Waals surface area contributed by atoms with Gasteiger partial charge in [-0.1, -0.05) is 34.5 Å². The van der Waals surface area contributed by atoms with E-state index in [0.29, 0.717) is 6.04 Å². The normalized spacial score (nSPS) is 16.9. The molecule has 0 spiro atoms. The van der Waals surface area contributed by atoms with Gasteiger partial charge in [0.15, 0.2) is 0 Å². The second kappa shape index (κ2) is 6.42. The van der Waals surface area contributed by atoms with E-state index in [1.54, 1.807) is 0 Å². The van der Waals surface area contributed by atoms with E-state index in [1.807, 2.05) is 11.3 Å². The molecule has 1 heterocycles. The van der Waals surface area contributed by atoms with Crippen molar-refractivity contribution in [2.75, 3.05) is 0 Å². The summed E-state index contributed by atoms with van der Waals surface area (Å²) in [5, 5.41) is 3.78. The predicted octanol–water partition coefficient (Wildman–Crippen LogP) is 5.45. The summed E-state index contributed by atoms with van der Waals surface area (Å²) in [5.41, 5.74) is 1.42. The lowest BCUT2D eigenvalue weighted by molar-refractivity contribution is 0.230. The van der Waals surface area contributed by atoms with E-state index in [0.717, 1.165) is 16.9 Å². The molecule has 0 amide bonds. The van der Waals surface area contributed by atoms with Gasteiger partial charge in [-0.2, -0.15) is 0 Å². The molecule has 1 saturated carbocycles. The summed E-state index contributed by atoms with van der Waals surface area (Å²) in [7, 11) is 0. The van der Waals surface area contributed by atoms with E-state index in [-0.39, 0.29) is 0 Å². The number of hydrogen-bond donors (Lipinski definition) is 1. The molecule has 1 fully saturated rings. The van der Waals surface area contributed by atoms with Crippen LogP contribution in [0.5, 0.6) is 0 Å². The molecule has 0 radical (unpaired) electrons. The van der Waals surface area contributed by atoms with Gasteiger partial charge in [0.25, 0.3) is 0 Å². The minimum Gasteiger partial charge on any atom is -0.305 e. The molecule has 20 heavy (non-hydrogen) atoms. The predicted molar refractivity (Wildman–Crippen MR) is 90.1 cm³/mol. The van der Waals surface area contributed by atoms with Crippen LogP contribution in [-0.4, -0.2) is 0 Å². The molecule has 0 saturated heterocycles. The van der Waals surface area contributed by atoms with Crippen molar-refractivity contribution in [1.29, 1.82) is 0 Å². The van der Waals surface area contributed by atoms with E-state index in [9.17, 15) is 0 Å². The molecular weight excluding hydrogens is 330 g/mol. The SMILES string of the molecule is Cc1ccc(CN[C@@H](c2ccc(Br)cc2)C2CCC2)s1. The zero-order valence-corrected chi connectivity index (χ0v) is 14.1. The van der Waals surface area contributed by atoms with Gasteiger partial charge in [-0.05, 0) is 55.5 Å². The monoisotopic (exact) mass is 349 g/mol. The Hall–Kier alpha value is -0.640. The molecule has 2 aromatic rings. The molecule has 1 aliphatic carbocycles. The van der Waals surface area contributed by atoms with Crippen LogP contribution in [0.25, 0.3) is 0 Å². The number of aryl methyl sites for hydroxylation is 1. The van der Waals surface area contributed by atoms with Crippen LogP contribution >= 0.6 is 27.3 Å². The molecule has 1 atom stereocenters. The average Bonchev–Trinajstić information content (AvgIpc) is 2.79. The van der Waals surface area contributed by atoms with Crippen LogP contribution in [0, 0.1) is 12.8 Å². The van der Waals surface area contributed by atoms with Gasteiger partial charge in [-0.15, -0.1) is 11.3 Å². The van der Waals surface area contributed by atoms with Crippen LogP contribution in [0.3, 0.4) is 0 Å². The molecule has 1 N–H and O–H groups in total. The van der Waals surface area contributed by atoms with Gasteiger partial charge in [0.1, 0.15) is 0 Å². The third kappa shape index (κ3) is 3.33. The standard InChI is InChI=1S/C17H20BrNS/c1-12-5-10-16(20-12)11-19-17(13-3-2-4-13)14-6-8-15(18)9-7-14/h5-10,13,17,19H,2-4,11H2,1H3/t17-/m1/s1. The maximum Gasteiger partial charge on any atom is 0.0351 e. The summed E-state index contributed by atoms with van der Waals surface area (Å²) in [6, 6.07) is 13.8. The van der Waals surface area contributed by atoms with Gasteiger partial charge in [-0.3, -0.25) is 0 Å². The second-order valence-corrected chi connectivity index (χ2v) is 7.90. The summed E-state index contributed by atoms with van der Waals surface area (Å²) in [4.78, 5) is 2.83. The number of thiophene rings is 1. The summed E-state index contributed by atoms with van der Waals surface area (Å²) in [5.74, 6) is 0.803. The first-order valence-electron chi connectivity index (χ1n) is 7.26. The fraction of sp³-hybridized carbons (Fsp3) is 0.412. The van der Waals surface area contributed by atoms with E-state index in [1.165, 1.54) is 34.6 Å². The van der Waals surface area contributed by atoms with E-state index >= 15 is 0 Å². The van der Waals surface area contributed by atoms with Crippen molar-refractivity contribution in [3.05, 3.63) is 56.2 Å². The van der Waals surface area contributed by atoms with Gasteiger partial charge in [0.2, 0.25) is 0 Å². The number of halogens is 1. The summed E-state index contributed by atoms with van der Waals surface area (Å²) in [6.45, 7) is 3.15. The Labute approximate surface area is 133 Å². The molecule has 1 aromatic heterocycles. The van der Waals surface area contributed by atoms with Crippen LogP contribution in [0.1, 0.15) is 40.6 Å². The van der Waals surface area contributed by atoms with Crippen molar-refractivity contribution >= 4 is 27.3 Å². The molecule has 3 rings (SSSR count). The average molecular weight is 350 g/mol. The Balaban J connectivity index is 1.71. The first-order chi connectivity index (χ1) is 9.72. The third-order valence-electron chi connectivity index (χ3n) is 4.14. The van der Waals surface area contributed by atoms with Crippen LogP contribution in [0.2, 0.25) is 0 Å². The smallest absolute Gasteiger partial charge is 0.0351 e. The Morgan fingerprint density at radius 3 is 2.50 bits per heavy atom. The summed E-state index contributed by atoms with van der Waals surface area (Å²) in [6.07, 6.45) is 4.10. The van der Waals surface area contributed by atoms with Crippen molar-refractivity contribution in [2.24, 2.45) is 5.92 Å². The maximum absolute atomic E-state index is 3.78. The number of benzene rings is 1. The van der Waals surface area contributed by atoms with Crippen molar-refractivity contribution < 1.29 is 0 Å². The fourth-order valence-corrected chi connectivity index (χ4v) is 3.90. The van der Waals surface area contributed by atoms with E-state index in [4.69, 9.17) is 0 Å². The van der Waals surface area contributed by atoms with Crippen molar-refractivity contribution in [3.8, 4) is 0 Å². The van der Waals surface area contributed by atoms with Crippen LogP contribution in [0.4, 0.5) is 0 Å². The minimum absolute atomic E-state index is 0.499. The maximum atomic E-state index is 3.78. The van der Waals surface area contributed by atoms with Crippen LogP contribution < -0.4 is 5.32 Å². The Kier molecular flexibility index (Phi) is 4.59. The largest absolute Gasteiger partial charge is 0.305 e. The molecule has 1 nitrogen and oxygen atoms in total. The number of nitrogens with one attached hydrogen (secondary N) is 1. The lowest BCUT2D eigenvalue weighted by Gasteiger charge is -2.35. The van der Waals surface area contributed by atoms with Crippen molar-refractivity contribution in [2.45, 2.75) is 38.8 Å². The quantitative estimate of drug-likeness (QED) is 0.756. The van der Waals surface area contributed by atoms with Gasteiger partial charge < -0.3 is 5.32 Å². The second-order valence-electron chi connectivity index (χ2n) is 5.61. The molecule has 1 aromatic carbocycles. The molecule has 3 heteroatoms. The van der Waals surface area contributed by atoms with E-state index in [2.05, 4.69) is 64.6 Å². The fourth-order valence-electron chi connectivity index (χ4n) is 2.79. The van der Waals surface area contributed by atoms with Crippen LogP contribution in [0.15, 0.2) is 40.9 Å². The lowest BCUT2D eigenvalue weighted by Crippen LogP contribution is -2.31. The summed E-state index contributed by atoms with van der Waals surface area (Å²) >= 11 is 5.42. The first-order valence-corrected chi connectivity index (χ1v) is 8.87. The highest BCUT2D eigenvalue weighted by Crippen LogP contribution is 2.38. The Bertz CT molecular complexity index is 557. The molecule has 0 unspecified atom stereocenters. The zero-order chi connectivity index (χ0) is 13.9. The van der Waals surface area contributed by atoms with Crippen LogP contribution in [-0.2, 0) is 6.54 Å². The minimum atomic E-state index is 0.499. The van der Waals surface area contributed by atoms with Gasteiger partial charge in [0, 0.05) is 26.8 Å². The van der Waals surface area contributed by atoms with E-state index < -0.39 is 0 Å². The Morgan fingerprint density at radius 1 is 1.20 bits per heavy atom. The highest BCUT2D eigenvalue weighted by atomic mass is 79.9. The van der Waals surface area contributed by atoms with Gasteiger partial charge >= 0.3 is 0 Å². The van der Waals surface area contributed by atoms with Crippen molar-refractivity contribution in [1.82, 2.24) is 5.32 Å². The molecular formula is C17H20BrNS. The topological polar surface area (TPSA) is 12.0 Å². The molecule has 0 aliphatic heterocycles. The third-order valence-corrected chi connectivity index (χ3v) is 5.67. The Morgan fingerprint density at radius 2 is 1.95 bits per heavy atom. The zero-order valence-electron chi connectivity index (χ0n) is 11.7. The highest BCUT2D eigenvalue weighted by Gasteiger charge is 2.28. The molecule has 106 valence electrons. The van der Waals surface area contributed by atoms with Crippen molar-refractivity contribution in [3.63, 3.8) is 0 Å². The first kappa shape index (κ1) is 14.3. The lowest BCUT2D eigenvalue weighted by atomic mass is 9.77. The highest BCUT2D eigenvalue weighted by molar-refractivity contribution is 9.10. The number of rotatable bonds is 5. The molecule has 1 aliphatic rings.